The summed E-state index contributed by atoms with van der Waals surface area (Å²) in [6.07, 6.45) is 3.81. The summed E-state index contributed by atoms with van der Waals surface area (Å²) in [5.41, 5.74) is -0.148. The molecule has 0 bridgehead atoms. The van der Waals surface area contributed by atoms with E-state index in [1.54, 1.807) is 29.3 Å². The van der Waals surface area contributed by atoms with Gasteiger partial charge in [-0.25, -0.2) is 0 Å². The predicted octanol–water partition coefficient (Wildman–Crippen LogP) is 0.678. The van der Waals surface area contributed by atoms with Crippen molar-refractivity contribution in [1.82, 2.24) is 9.88 Å². The van der Waals surface area contributed by atoms with Crippen LogP contribution in [0.3, 0.4) is 0 Å². The number of nitrogens with zero attached hydrogens (tertiary/aromatic N) is 2. The lowest BCUT2D eigenvalue weighted by Crippen LogP contribution is -2.64. The molecule has 4 heteroatoms. The minimum Gasteiger partial charge on any atom is -0.386 e. The summed E-state index contributed by atoms with van der Waals surface area (Å²) in [5.74, 6) is 0.339. The Balaban J connectivity index is 1.66. The highest BCUT2D eigenvalue weighted by Gasteiger charge is 2.53. The molecule has 1 aromatic heterocycles. The van der Waals surface area contributed by atoms with Crippen molar-refractivity contribution in [2.75, 3.05) is 13.1 Å². The van der Waals surface area contributed by atoms with Crippen LogP contribution in [0.4, 0.5) is 0 Å². The Labute approximate surface area is 93.9 Å². The highest BCUT2D eigenvalue weighted by Crippen LogP contribution is 2.44. The summed E-state index contributed by atoms with van der Waals surface area (Å²) in [6.45, 7) is 0.931. The lowest BCUT2D eigenvalue weighted by molar-refractivity contribution is -0.0959. The molecular formula is C12H14N2O2. The van der Waals surface area contributed by atoms with Gasteiger partial charge in [0, 0.05) is 6.20 Å². The van der Waals surface area contributed by atoms with E-state index in [0.29, 0.717) is 24.7 Å². The summed E-state index contributed by atoms with van der Waals surface area (Å²) < 4.78 is 0. The number of rotatable bonds is 2. The molecule has 1 aliphatic carbocycles. The monoisotopic (exact) mass is 218 g/mol. The molecule has 0 spiro atoms. The fraction of sp³-hybridized carbons (Fsp3) is 0.500. The number of carbonyl (C=O) groups is 1. The van der Waals surface area contributed by atoms with E-state index in [0.717, 1.165) is 12.8 Å². The van der Waals surface area contributed by atoms with Gasteiger partial charge in [-0.05, 0) is 30.9 Å². The van der Waals surface area contributed by atoms with Gasteiger partial charge >= 0.3 is 0 Å². The molecule has 0 atom stereocenters. The number of aromatic nitrogens is 1. The Morgan fingerprint density at radius 3 is 2.75 bits per heavy atom. The van der Waals surface area contributed by atoms with Crippen molar-refractivity contribution in [1.29, 1.82) is 0 Å². The number of carbonyl (C=O) groups excluding carboxylic acids is 1. The van der Waals surface area contributed by atoms with Crippen LogP contribution in [0.2, 0.25) is 0 Å². The molecule has 2 heterocycles. The first-order valence-electron chi connectivity index (χ1n) is 5.62. The molecule has 0 radical (unpaired) electrons. The van der Waals surface area contributed by atoms with Crippen LogP contribution in [0.25, 0.3) is 0 Å². The lowest BCUT2D eigenvalue weighted by Gasteiger charge is -2.46. The Hall–Kier alpha value is -1.42. The van der Waals surface area contributed by atoms with Crippen LogP contribution in [0.1, 0.15) is 23.3 Å². The molecule has 1 saturated carbocycles. The molecule has 1 N–H and O–H groups in total. The molecular weight excluding hydrogens is 204 g/mol. The van der Waals surface area contributed by atoms with Crippen molar-refractivity contribution >= 4 is 5.91 Å². The van der Waals surface area contributed by atoms with E-state index in [9.17, 15) is 9.90 Å². The minimum atomic E-state index is -0.607. The zero-order valence-corrected chi connectivity index (χ0v) is 8.97. The fourth-order valence-corrected chi connectivity index (χ4v) is 2.29. The molecule has 1 amide bonds. The number of β-amino-alcohol motifs (C(OH)–C–C–N with tert-alkyl or cyclic N) is 1. The van der Waals surface area contributed by atoms with Gasteiger partial charge in [0.1, 0.15) is 11.3 Å². The van der Waals surface area contributed by atoms with Crippen molar-refractivity contribution in [2.24, 2.45) is 5.92 Å². The predicted molar refractivity (Wildman–Crippen MR) is 57.8 cm³/mol. The molecule has 2 fully saturated rings. The first kappa shape index (κ1) is 9.78. The van der Waals surface area contributed by atoms with Crippen LogP contribution in [-0.2, 0) is 0 Å². The number of aliphatic hydroxyl groups is 1. The lowest BCUT2D eigenvalue weighted by atomic mass is 9.88. The average Bonchev–Trinajstić information content (AvgIpc) is 3.09. The summed E-state index contributed by atoms with van der Waals surface area (Å²) in [5, 5.41) is 10.1. The Kier molecular flexibility index (Phi) is 2.01. The quantitative estimate of drug-likeness (QED) is 0.794. The average molecular weight is 218 g/mol. The second-order valence-electron chi connectivity index (χ2n) is 4.75. The number of amides is 1. The van der Waals surface area contributed by atoms with Crippen molar-refractivity contribution in [2.45, 2.75) is 18.4 Å². The van der Waals surface area contributed by atoms with Crippen LogP contribution < -0.4 is 0 Å². The molecule has 3 rings (SSSR count). The van der Waals surface area contributed by atoms with E-state index in [1.807, 2.05) is 0 Å². The number of likely N-dealkylation sites (tertiary alicyclic amines) is 1. The van der Waals surface area contributed by atoms with Crippen LogP contribution in [0.15, 0.2) is 24.4 Å². The maximum absolute atomic E-state index is 11.9. The molecule has 0 aromatic carbocycles. The van der Waals surface area contributed by atoms with E-state index >= 15 is 0 Å². The van der Waals surface area contributed by atoms with E-state index in [4.69, 9.17) is 0 Å². The highest BCUT2D eigenvalue weighted by molar-refractivity contribution is 5.93. The fourth-order valence-electron chi connectivity index (χ4n) is 2.29. The maximum Gasteiger partial charge on any atom is 0.272 e. The van der Waals surface area contributed by atoms with Crippen molar-refractivity contribution in [3.8, 4) is 0 Å². The third kappa shape index (κ3) is 1.50. The highest BCUT2D eigenvalue weighted by atomic mass is 16.3. The topological polar surface area (TPSA) is 53.4 Å². The van der Waals surface area contributed by atoms with E-state index in [2.05, 4.69) is 4.98 Å². The number of hydrogen-bond acceptors (Lipinski definition) is 3. The summed E-state index contributed by atoms with van der Waals surface area (Å²) >= 11 is 0. The molecule has 0 unspecified atom stereocenters. The van der Waals surface area contributed by atoms with E-state index in [-0.39, 0.29) is 5.91 Å². The van der Waals surface area contributed by atoms with Gasteiger partial charge < -0.3 is 10.0 Å². The van der Waals surface area contributed by atoms with Gasteiger partial charge in [0.25, 0.3) is 5.91 Å². The summed E-state index contributed by atoms with van der Waals surface area (Å²) in [7, 11) is 0. The smallest absolute Gasteiger partial charge is 0.272 e. The minimum absolute atomic E-state index is 0.0778. The zero-order valence-electron chi connectivity index (χ0n) is 8.97. The molecule has 1 saturated heterocycles. The number of pyridine rings is 1. The standard InChI is InChI=1S/C12H14N2O2/c15-11(10-3-1-2-6-13-10)14-7-12(16,8-14)9-4-5-9/h1-3,6,9,16H,4-5,7-8H2. The van der Waals surface area contributed by atoms with Gasteiger partial charge in [-0.15, -0.1) is 0 Å². The first-order valence-corrected chi connectivity index (χ1v) is 5.62. The molecule has 2 aliphatic rings. The second-order valence-corrected chi connectivity index (χ2v) is 4.75. The Morgan fingerprint density at radius 1 is 1.44 bits per heavy atom. The van der Waals surface area contributed by atoms with E-state index < -0.39 is 5.60 Å². The van der Waals surface area contributed by atoms with Crippen LogP contribution in [-0.4, -0.2) is 39.6 Å². The Morgan fingerprint density at radius 2 is 2.19 bits per heavy atom. The van der Waals surface area contributed by atoms with Gasteiger partial charge in [0.2, 0.25) is 0 Å². The summed E-state index contributed by atoms with van der Waals surface area (Å²) in [6, 6.07) is 5.29. The van der Waals surface area contributed by atoms with Crippen LogP contribution in [0, 0.1) is 5.92 Å². The van der Waals surface area contributed by atoms with Gasteiger partial charge in [0.05, 0.1) is 13.1 Å². The van der Waals surface area contributed by atoms with Crippen LogP contribution >= 0.6 is 0 Å². The van der Waals surface area contributed by atoms with Crippen molar-refractivity contribution in [3.63, 3.8) is 0 Å². The first-order chi connectivity index (χ1) is 7.69. The zero-order chi connectivity index (χ0) is 11.2. The SMILES string of the molecule is O=C(c1ccccn1)N1CC(O)(C2CC2)C1. The van der Waals surface area contributed by atoms with Gasteiger partial charge in [-0.1, -0.05) is 6.07 Å². The maximum atomic E-state index is 11.9. The van der Waals surface area contributed by atoms with E-state index in [1.165, 1.54) is 0 Å². The van der Waals surface area contributed by atoms with Crippen LogP contribution in [0.5, 0.6) is 0 Å². The third-order valence-corrected chi connectivity index (χ3v) is 3.44. The third-order valence-electron chi connectivity index (χ3n) is 3.44. The largest absolute Gasteiger partial charge is 0.386 e. The van der Waals surface area contributed by atoms with Gasteiger partial charge in [-0.3, -0.25) is 9.78 Å². The molecule has 84 valence electrons. The molecule has 4 nitrogen and oxygen atoms in total. The normalized spacial score (nSPS) is 22.7. The molecule has 1 aromatic rings. The van der Waals surface area contributed by atoms with Crippen molar-refractivity contribution < 1.29 is 9.90 Å². The Bertz CT molecular complexity index is 408. The van der Waals surface area contributed by atoms with Crippen molar-refractivity contribution in [3.05, 3.63) is 30.1 Å². The number of hydrogen-bond donors (Lipinski definition) is 1. The van der Waals surface area contributed by atoms with Gasteiger partial charge in [0.15, 0.2) is 0 Å². The molecule has 1 aliphatic heterocycles. The molecule has 16 heavy (non-hydrogen) atoms. The van der Waals surface area contributed by atoms with Gasteiger partial charge in [-0.2, -0.15) is 0 Å². The second kappa shape index (κ2) is 3.28. The summed E-state index contributed by atoms with van der Waals surface area (Å²) in [4.78, 5) is 17.6.